The van der Waals surface area contributed by atoms with Crippen molar-refractivity contribution in [3.63, 3.8) is 0 Å². The number of carbonyl (C=O) groups excluding carboxylic acids is 1. The van der Waals surface area contributed by atoms with E-state index in [2.05, 4.69) is 15.3 Å². The van der Waals surface area contributed by atoms with Crippen LogP contribution in [0, 0.1) is 0 Å². The normalized spacial score (nSPS) is 20.7. The van der Waals surface area contributed by atoms with Crippen molar-refractivity contribution in [2.75, 3.05) is 13.2 Å². The van der Waals surface area contributed by atoms with E-state index in [0.29, 0.717) is 12.2 Å². The van der Waals surface area contributed by atoms with Crippen LogP contribution in [0.4, 0.5) is 0 Å². The van der Waals surface area contributed by atoms with Crippen molar-refractivity contribution in [2.24, 2.45) is 0 Å². The molecule has 5 nitrogen and oxygen atoms in total. The van der Waals surface area contributed by atoms with Crippen molar-refractivity contribution >= 4 is 5.91 Å². The highest BCUT2D eigenvalue weighted by molar-refractivity contribution is 5.93. The molecule has 1 atom stereocenters. The average molecular weight is 193 g/mol. The van der Waals surface area contributed by atoms with E-state index < -0.39 is 0 Å². The molecular formula is C9H11N3O2. The minimum atomic E-state index is -0.138. The van der Waals surface area contributed by atoms with E-state index in [1.165, 1.54) is 18.7 Å². The molecule has 1 aliphatic rings. The summed E-state index contributed by atoms with van der Waals surface area (Å²) < 4.78 is 5.15. The third kappa shape index (κ3) is 2.05. The fourth-order valence-electron chi connectivity index (χ4n) is 1.33. The molecule has 1 N–H and O–H groups in total. The van der Waals surface area contributed by atoms with Crippen LogP contribution in [-0.2, 0) is 4.74 Å². The lowest BCUT2D eigenvalue weighted by Gasteiger charge is -2.09. The molecule has 0 radical (unpaired) electrons. The minimum Gasteiger partial charge on any atom is -0.379 e. The Morgan fingerprint density at radius 3 is 2.93 bits per heavy atom. The molecule has 1 aromatic heterocycles. The van der Waals surface area contributed by atoms with Gasteiger partial charge in [0, 0.05) is 19.0 Å². The number of nitrogens with one attached hydrogen (secondary N) is 1. The third-order valence-electron chi connectivity index (χ3n) is 2.09. The molecule has 74 valence electrons. The molecule has 2 rings (SSSR count). The molecule has 1 fully saturated rings. The van der Waals surface area contributed by atoms with Crippen LogP contribution < -0.4 is 5.32 Å². The second kappa shape index (κ2) is 4.15. The first-order valence-corrected chi connectivity index (χ1v) is 4.50. The monoisotopic (exact) mass is 193 g/mol. The molecule has 0 spiro atoms. The number of aromatic nitrogens is 2. The summed E-state index contributed by atoms with van der Waals surface area (Å²) in [6.45, 7) is 1.32. The van der Waals surface area contributed by atoms with Gasteiger partial charge in [-0.15, -0.1) is 0 Å². The first kappa shape index (κ1) is 9.08. The van der Waals surface area contributed by atoms with Crippen LogP contribution in [0.2, 0.25) is 0 Å². The summed E-state index contributed by atoms with van der Waals surface area (Å²) in [6.07, 6.45) is 5.27. The highest BCUT2D eigenvalue weighted by Crippen LogP contribution is 2.04. The molecule has 1 aromatic rings. The molecule has 14 heavy (non-hydrogen) atoms. The number of ether oxygens (including phenoxy) is 1. The summed E-state index contributed by atoms with van der Waals surface area (Å²) in [5, 5.41) is 2.85. The Labute approximate surface area is 81.5 Å². The quantitative estimate of drug-likeness (QED) is 0.717. The van der Waals surface area contributed by atoms with Gasteiger partial charge in [0.1, 0.15) is 6.33 Å². The lowest BCUT2D eigenvalue weighted by Crippen LogP contribution is -2.35. The summed E-state index contributed by atoms with van der Waals surface area (Å²) in [7, 11) is 0. The first-order chi connectivity index (χ1) is 6.86. The van der Waals surface area contributed by atoms with Crippen molar-refractivity contribution in [1.82, 2.24) is 15.3 Å². The maximum absolute atomic E-state index is 11.6. The van der Waals surface area contributed by atoms with Crippen LogP contribution in [-0.4, -0.2) is 35.1 Å². The van der Waals surface area contributed by atoms with Crippen LogP contribution in [0.1, 0.15) is 16.8 Å². The van der Waals surface area contributed by atoms with Gasteiger partial charge in [-0.1, -0.05) is 0 Å². The predicted molar refractivity (Wildman–Crippen MR) is 48.7 cm³/mol. The van der Waals surface area contributed by atoms with Crippen molar-refractivity contribution in [3.05, 3.63) is 24.3 Å². The fourth-order valence-corrected chi connectivity index (χ4v) is 1.33. The standard InChI is InChI=1S/C9H11N3O2/c13-9(7-3-10-6-11-4-7)12-8-1-2-14-5-8/h3-4,6,8H,1-2,5H2,(H,12,13)/t8-/m0/s1. The molecule has 2 heterocycles. The Balaban J connectivity index is 1.95. The zero-order valence-corrected chi connectivity index (χ0v) is 7.64. The maximum atomic E-state index is 11.6. The summed E-state index contributed by atoms with van der Waals surface area (Å²) in [5.74, 6) is -0.138. The van der Waals surface area contributed by atoms with E-state index in [0.717, 1.165) is 13.0 Å². The Bertz CT molecular complexity index is 309. The van der Waals surface area contributed by atoms with E-state index in [-0.39, 0.29) is 11.9 Å². The van der Waals surface area contributed by atoms with E-state index in [1.807, 2.05) is 0 Å². The topological polar surface area (TPSA) is 64.1 Å². The Kier molecular flexibility index (Phi) is 2.69. The summed E-state index contributed by atoms with van der Waals surface area (Å²) in [4.78, 5) is 19.1. The largest absolute Gasteiger partial charge is 0.379 e. The molecule has 0 saturated carbocycles. The van der Waals surface area contributed by atoms with Gasteiger partial charge in [0.25, 0.3) is 5.91 Å². The number of carbonyl (C=O) groups is 1. The van der Waals surface area contributed by atoms with Crippen molar-refractivity contribution in [1.29, 1.82) is 0 Å². The molecule has 0 unspecified atom stereocenters. The Morgan fingerprint density at radius 1 is 1.50 bits per heavy atom. The number of nitrogens with zero attached hydrogens (tertiary/aromatic N) is 2. The van der Waals surface area contributed by atoms with Gasteiger partial charge >= 0.3 is 0 Å². The van der Waals surface area contributed by atoms with Gasteiger partial charge in [0.05, 0.1) is 18.2 Å². The summed E-state index contributed by atoms with van der Waals surface area (Å²) in [6, 6.07) is 0.128. The number of amides is 1. The van der Waals surface area contributed by atoms with Gasteiger partial charge in [-0.25, -0.2) is 9.97 Å². The molecule has 1 saturated heterocycles. The molecule has 5 heteroatoms. The van der Waals surface area contributed by atoms with Gasteiger partial charge < -0.3 is 10.1 Å². The van der Waals surface area contributed by atoms with Crippen molar-refractivity contribution in [3.8, 4) is 0 Å². The predicted octanol–water partition coefficient (Wildman–Crippen LogP) is -0.00470. The van der Waals surface area contributed by atoms with E-state index in [1.54, 1.807) is 0 Å². The Morgan fingerprint density at radius 2 is 2.29 bits per heavy atom. The highest BCUT2D eigenvalue weighted by Gasteiger charge is 2.18. The maximum Gasteiger partial charge on any atom is 0.254 e. The zero-order chi connectivity index (χ0) is 9.80. The van der Waals surface area contributed by atoms with E-state index in [4.69, 9.17) is 4.74 Å². The second-order valence-electron chi connectivity index (χ2n) is 3.16. The smallest absolute Gasteiger partial charge is 0.254 e. The molecule has 0 aliphatic carbocycles. The van der Waals surface area contributed by atoms with Gasteiger partial charge in [-0.3, -0.25) is 4.79 Å². The van der Waals surface area contributed by atoms with Gasteiger partial charge in [-0.2, -0.15) is 0 Å². The molecule has 0 aromatic carbocycles. The zero-order valence-electron chi connectivity index (χ0n) is 7.64. The average Bonchev–Trinajstić information content (AvgIpc) is 2.72. The minimum absolute atomic E-state index is 0.128. The number of rotatable bonds is 2. The third-order valence-corrected chi connectivity index (χ3v) is 2.09. The van der Waals surface area contributed by atoms with Crippen LogP contribution in [0.15, 0.2) is 18.7 Å². The van der Waals surface area contributed by atoms with Crippen LogP contribution in [0.3, 0.4) is 0 Å². The van der Waals surface area contributed by atoms with Crippen molar-refractivity contribution < 1.29 is 9.53 Å². The van der Waals surface area contributed by atoms with Gasteiger partial charge in [0.2, 0.25) is 0 Å². The lowest BCUT2D eigenvalue weighted by molar-refractivity contribution is 0.0929. The fraction of sp³-hybridized carbons (Fsp3) is 0.444. The van der Waals surface area contributed by atoms with Crippen LogP contribution in [0.5, 0.6) is 0 Å². The SMILES string of the molecule is O=C(N[C@H]1CCOC1)c1cncnc1. The van der Waals surface area contributed by atoms with E-state index >= 15 is 0 Å². The summed E-state index contributed by atoms with van der Waals surface area (Å²) >= 11 is 0. The van der Waals surface area contributed by atoms with Crippen LogP contribution in [0.25, 0.3) is 0 Å². The first-order valence-electron chi connectivity index (χ1n) is 4.50. The summed E-state index contributed by atoms with van der Waals surface area (Å²) in [5.41, 5.74) is 0.486. The van der Waals surface area contributed by atoms with Gasteiger partial charge in [-0.05, 0) is 6.42 Å². The second-order valence-corrected chi connectivity index (χ2v) is 3.16. The highest BCUT2D eigenvalue weighted by atomic mass is 16.5. The molecular weight excluding hydrogens is 182 g/mol. The van der Waals surface area contributed by atoms with Gasteiger partial charge in [0.15, 0.2) is 0 Å². The van der Waals surface area contributed by atoms with Crippen LogP contribution >= 0.6 is 0 Å². The molecule has 1 aliphatic heterocycles. The Hall–Kier alpha value is -1.49. The molecule has 0 bridgehead atoms. The van der Waals surface area contributed by atoms with Crippen molar-refractivity contribution in [2.45, 2.75) is 12.5 Å². The van der Waals surface area contributed by atoms with E-state index in [9.17, 15) is 4.79 Å². The number of hydrogen-bond acceptors (Lipinski definition) is 4. The number of hydrogen-bond donors (Lipinski definition) is 1. The molecule has 1 amide bonds. The lowest BCUT2D eigenvalue weighted by atomic mass is 10.2.